The van der Waals surface area contributed by atoms with Gasteiger partial charge in [0.15, 0.2) is 5.78 Å². The van der Waals surface area contributed by atoms with Gasteiger partial charge in [-0.15, -0.1) is 0 Å². The summed E-state index contributed by atoms with van der Waals surface area (Å²) in [7, 11) is 0. The molecule has 0 bridgehead atoms. The van der Waals surface area contributed by atoms with Crippen LogP contribution in [0, 0.1) is 18.8 Å². The predicted octanol–water partition coefficient (Wildman–Crippen LogP) is 2.83. The second-order valence-corrected chi connectivity index (χ2v) is 8.02. The lowest BCUT2D eigenvalue weighted by molar-refractivity contribution is -0.123. The molecule has 3 aliphatic rings. The van der Waals surface area contributed by atoms with E-state index in [4.69, 9.17) is 0 Å². The summed E-state index contributed by atoms with van der Waals surface area (Å²) in [4.78, 5) is 43.5. The number of hydrogen-bond donors (Lipinski definition) is 0. The molecule has 3 aliphatic heterocycles. The van der Waals surface area contributed by atoms with Gasteiger partial charge in [-0.3, -0.25) is 19.3 Å². The number of fused-ring (bicyclic) bond motifs is 3. The molecule has 1 unspecified atom stereocenters. The number of benzene rings is 2. The number of carbonyl (C=O) groups excluding carboxylic acids is 3. The lowest BCUT2D eigenvalue weighted by atomic mass is 9.85. The second-order valence-electron chi connectivity index (χ2n) is 8.02. The van der Waals surface area contributed by atoms with Crippen LogP contribution >= 0.6 is 0 Å². The lowest BCUT2D eigenvalue weighted by Gasteiger charge is -2.27. The largest absolute Gasteiger partial charge is 0.292 e. The summed E-state index contributed by atoms with van der Waals surface area (Å²) < 4.78 is 0. The van der Waals surface area contributed by atoms with Crippen molar-refractivity contribution in [1.82, 2.24) is 4.90 Å². The topological polar surface area (TPSA) is 57.7 Å². The monoisotopic (exact) mass is 374 g/mol. The predicted molar refractivity (Wildman–Crippen MR) is 105 cm³/mol. The Morgan fingerprint density at radius 2 is 1.61 bits per heavy atom. The SMILES string of the molecule is Cc1ccc(N2C(=O)[C@H]3[C@@H](C2=O)C2CCCN2[C@H]3C(=O)c2ccccc2)cc1. The zero-order valence-electron chi connectivity index (χ0n) is 15.7. The molecule has 3 saturated heterocycles. The van der Waals surface area contributed by atoms with Gasteiger partial charge in [0.05, 0.1) is 23.6 Å². The normalized spacial score (nSPS) is 29.2. The Hall–Kier alpha value is -2.79. The highest BCUT2D eigenvalue weighted by Gasteiger charge is 2.64. The average Bonchev–Trinajstić information content (AvgIpc) is 3.35. The Balaban J connectivity index is 1.55. The molecule has 5 nitrogen and oxygen atoms in total. The van der Waals surface area contributed by atoms with E-state index in [0.29, 0.717) is 11.3 Å². The molecule has 0 aliphatic carbocycles. The Bertz CT molecular complexity index is 954. The number of imide groups is 1. The number of aryl methyl sites for hydroxylation is 1. The van der Waals surface area contributed by atoms with Crippen LogP contribution in [0.5, 0.6) is 0 Å². The molecule has 2 amide bonds. The first kappa shape index (κ1) is 17.3. The first-order chi connectivity index (χ1) is 13.6. The molecule has 0 N–H and O–H groups in total. The fraction of sp³-hybridized carbons (Fsp3) is 0.348. The maximum absolute atomic E-state index is 13.4. The van der Waals surface area contributed by atoms with Crippen LogP contribution in [-0.2, 0) is 9.59 Å². The van der Waals surface area contributed by atoms with Crippen molar-refractivity contribution >= 4 is 23.3 Å². The van der Waals surface area contributed by atoms with Crippen molar-refractivity contribution < 1.29 is 14.4 Å². The molecule has 142 valence electrons. The average molecular weight is 374 g/mol. The molecule has 28 heavy (non-hydrogen) atoms. The molecule has 2 aromatic rings. The number of hydrogen-bond acceptors (Lipinski definition) is 4. The lowest BCUT2D eigenvalue weighted by Crippen LogP contribution is -2.46. The highest BCUT2D eigenvalue weighted by Crippen LogP contribution is 2.48. The van der Waals surface area contributed by atoms with E-state index >= 15 is 0 Å². The number of carbonyl (C=O) groups is 3. The van der Waals surface area contributed by atoms with Gasteiger partial charge in [0.1, 0.15) is 0 Å². The number of anilines is 1. The molecule has 0 aromatic heterocycles. The Labute approximate surface area is 163 Å². The molecule has 4 atom stereocenters. The Morgan fingerprint density at radius 1 is 0.929 bits per heavy atom. The molecule has 5 rings (SSSR count). The minimum Gasteiger partial charge on any atom is -0.292 e. The molecule has 0 spiro atoms. The van der Waals surface area contributed by atoms with E-state index in [-0.39, 0.29) is 23.6 Å². The van der Waals surface area contributed by atoms with Gasteiger partial charge >= 0.3 is 0 Å². The van der Waals surface area contributed by atoms with Gasteiger partial charge in [-0.25, -0.2) is 4.90 Å². The third-order valence-electron chi connectivity index (χ3n) is 6.47. The van der Waals surface area contributed by atoms with Crippen molar-refractivity contribution in [2.75, 3.05) is 11.4 Å². The standard InChI is InChI=1S/C23H22N2O3/c1-14-9-11-16(12-10-14)25-22(27)18-17-8-5-13-24(17)20(19(18)23(25)28)21(26)15-6-3-2-4-7-15/h2-4,6-7,9-12,17-20H,5,8,13H2,1H3/t17?,18-,19-,20+/m0/s1. The van der Waals surface area contributed by atoms with Crippen molar-refractivity contribution in [2.24, 2.45) is 11.8 Å². The number of ketones is 1. The maximum Gasteiger partial charge on any atom is 0.239 e. The molecule has 3 fully saturated rings. The van der Waals surface area contributed by atoms with Crippen LogP contribution < -0.4 is 4.90 Å². The van der Waals surface area contributed by atoms with Gasteiger partial charge in [0.2, 0.25) is 11.8 Å². The van der Waals surface area contributed by atoms with Gasteiger partial charge in [0.25, 0.3) is 0 Å². The van der Waals surface area contributed by atoms with E-state index in [0.717, 1.165) is 24.9 Å². The van der Waals surface area contributed by atoms with Crippen molar-refractivity contribution in [3.63, 3.8) is 0 Å². The summed E-state index contributed by atoms with van der Waals surface area (Å²) in [6.45, 7) is 2.74. The number of amides is 2. The third kappa shape index (κ3) is 2.39. The van der Waals surface area contributed by atoms with Crippen LogP contribution in [0.1, 0.15) is 28.8 Å². The maximum atomic E-state index is 13.4. The molecular weight excluding hydrogens is 352 g/mol. The van der Waals surface area contributed by atoms with E-state index in [1.807, 2.05) is 49.4 Å². The summed E-state index contributed by atoms with van der Waals surface area (Å²) in [6, 6.07) is 16.0. The van der Waals surface area contributed by atoms with Crippen LogP contribution in [0.4, 0.5) is 5.69 Å². The van der Waals surface area contributed by atoms with Crippen molar-refractivity contribution in [1.29, 1.82) is 0 Å². The van der Waals surface area contributed by atoms with Crippen molar-refractivity contribution in [3.05, 3.63) is 65.7 Å². The van der Waals surface area contributed by atoms with E-state index in [1.165, 1.54) is 4.90 Å². The quantitative estimate of drug-likeness (QED) is 0.612. The number of rotatable bonds is 3. The van der Waals surface area contributed by atoms with E-state index in [9.17, 15) is 14.4 Å². The molecule has 0 radical (unpaired) electrons. The highest BCUT2D eigenvalue weighted by molar-refractivity contribution is 6.24. The van der Waals surface area contributed by atoms with Crippen LogP contribution in [0.15, 0.2) is 54.6 Å². The minimum absolute atomic E-state index is 0.0189. The van der Waals surface area contributed by atoms with Crippen molar-refractivity contribution in [2.45, 2.75) is 31.8 Å². The molecule has 5 heteroatoms. The zero-order chi connectivity index (χ0) is 19.4. The molecular formula is C23H22N2O3. The number of Topliss-reactive ketones (excluding diaryl/α,β-unsaturated/α-hetero) is 1. The van der Waals surface area contributed by atoms with Crippen molar-refractivity contribution in [3.8, 4) is 0 Å². The van der Waals surface area contributed by atoms with E-state index in [2.05, 4.69) is 4.90 Å². The van der Waals surface area contributed by atoms with E-state index in [1.54, 1.807) is 12.1 Å². The first-order valence-corrected chi connectivity index (χ1v) is 9.87. The fourth-order valence-corrected chi connectivity index (χ4v) is 5.24. The molecule has 0 saturated carbocycles. The summed E-state index contributed by atoms with van der Waals surface area (Å²) in [5, 5.41) is 0. The van der Waals surface area contributed by atoms with Crippen LogP contribution in [0.2, 0.25) is 0 Å². The first-order valence-electron chi connectivity index (χ1n) is 9.87. The van der Waals surface area contributed by atoms with E-state index < -0.39 is 17.9 Å². The minimum atomic E-state index is -0.591. The van der Waals surface area contributed by atoms with Gasteiger partial charge in [0, 0.05) is 11.6 Å². The third-order valence-corrected chi connectivity index (χ3v) is 6.47. The van der Waals surface area contributed by atoms with Gasteiger partial charge in [-0.1, -0.05) is 48.0 Å². The van der Waals surface area contributed by atoms with Gasteiger partial charge in [-0.2, -0.15) is 0 Å². The summed E-state index contributed by atoms with van der Waals surface area (Å²) in [6.07, 6.45) is 1.82. The second kappa shape index (κ2) is 6.38. The summed E-state index contributed by atoms with van der Waals surface area (Å²) in [5.74, 6) is -1.45. The van der Waals surface area contributed by atoms with Crippen LogP contribution in [-0.4, -0.2) is 41.1 Å². The molecule has 2 aromatic carbocycles. The fourth-order valence-electron chi connectivity index (χ4n) is 5.24. The van der Waals surface area contributed by atoms with Crippen LogP contribution in [0.25, 0.3) is 0 Å². The zero-order valence-corrected chi connectivity index (χ0v) is 15.7. The summed E-state index contributed by atoms with van der Waals surface area (Å²) >= 11 is 0. The Morgan fingerprint density at radius 3 is 2.32 bits per heavy atom. The van der Waals surface area contributed by atoms with Gasteiger partial charge < -0.3 is 0 Å². The van der Waals surface area contributed by atoms with Crippen LogP contribution in [0.3, 0.4) is 0 Å². The smallest absolute Gasteiger partial charge is 0.239 e. The number of nitrogens with zero attached hydrogens (tertiary/aromatic N) is 2. The van der Waals surface area contributed by atoms with Gasteiger partial charge in [-0.05, 0) is 38.4 Å². The summed E-state index contributed by atoms with van der Waals surface area (Å²) in [5.41, 5.74) is 2.28. The highest BCUT2D eigenvalue weighted by atomic mass is 16.2. The molecule has 3 heterocycles. The Kier molecular flexibility index (Phi) is 3.95.